The van der Waals surface area contributed by atoms with Crippen LogP contribution in [-0.4, -0.2) is 18.5 Å². The Kier molecular flexibility index (Phi) is 6.56. The van der Waals surface area contributed by atoms with E-state index in [1.165, 1.54) is 0 Å². The van der Waals surface area contributed by atoms with Crippen LogP contribution in [0.5, 0.6) is 0 Å². The number of rotatable bonds is 3. The van der Waals surface area contributed by atoms with Crippen LogP contribution in [-0.2, 0) is 9.53 Å². The average Bonchev–Trinajstić information content (AvgIpc) is 1.99. The Hall–Kier alpha value is -0.940. The van der Waals surface area contributed by atoms with Crippen LogP contribution >= 0.6 is 11.6 Å². The normalized spacial score (nSPS) is 8.91. The topological polar surface area (TPSA) is 26.3 Å². The van der Waals surface area contributed by atoms with Gasteiger partial charge in [0, 0.05) is 11.8 Å². The van der Waals surface area contributed by atoms with Crippen molar-refractivity contribution in [2.45, 2.75) is 6.92 Å². The molecule has 0 bridgehead atoms. The Morgan fingerprint density at radius 3 is 2.91 bits per heavy atom. The molecule has 11 heavy (non-hydrogen) atoms. The predicted octanol–water partition coefficient (Wildman–Crippen LogP) is 1.35. The molecule has 0 heterocycles. The van der Waals surface area contributed by atoms with Crippen LogP contribution < -0.4 is 0 Å². The van der Waals surface area contributed by atoms with Gasteiger partial charge in [0.1, 0.15) is 6.61 Å². The van der Waals surface area contributed by atoms with Crippen molar-refractivity contribution in [3.8, 4) is 11.8 Å². The second kappa shape index (κ2) is 7.17. The lowest BCUT2D eigenvalue weighted by Gasteiger charge is -1.92. The van der Waals surface area contributed by atoms with E-state index in [2.05, 4.69) is 16.6 Å². The zero-order valence-corrected chi connectivity index (χ0v) is 7.02. The molecule has 0 unspecified atom stereocenters. The van der Waals surface area contributed by atoms with Crippen LogP contribution in [0.1, 0.15) is 6.92 Å². The van der Waals surface area contributed by atoms with E-state index in [9.17, 15) is 4.79 Å². The maximum atomic E-state index is 10.5. The maximum absolute atomic E-state index is 10.5. The van der Waals surface area contributed by atoms with Gasteiger partial charge in [0.25, 0.3) is 0 Å². The van der Waals surface area contributed by atoms with Crippen molar-refractivity contribution in [2.75, 3.05) is 12.5 Å². The van der Waals surface area contributed by atoms with Gasteiger partial charge in [0.2, 0.25) is 0 Å². The van der Waals surface area contributed by atoms with Crippen molar-refractivity contribution in [3.63, 3.8) is 0 Å². The van der Waals surface area contributed by atoms with Crippen LogP contribution in [0.25, 0.3) is 0 Å². The van der Waals surface area contributed by atoms with Crippen LogP contribution in [0.2, 0.25) is 0 Å². The molecule has 0 N–H and O–H groups in total. The van der Waals surface area contributed by atoms with Crippen LogP contribution in [0.4, 0.5) is 0 Å². The Balaban J connectivity index is 3.44. The molecule has 0 aliphatic carbocycles. The SMILES string of the molecule is CC#CC(=O)OC/C=C\CCl. The van der Waals surface area contributed by atoms with Gasteiger partial charge in [-0.2, -0.15) is 0 Å². The van der Waals surface area contributed by atoms with Crippen molar-refractivity contribution < 1.29 is 9.53 Å². The quantitative estimate of drug-likeness (QED) is 0.211. The molecule has 0 saturated heterocycles. The number of alkyl halides is 1. The molecule has 0 spiro atoms. The molecule has 0 atom stereocenters. The number of halogens is 1. The molecule has 0 aliphatic heterocycles. The van der Waals surface area contributed by atoms with Crippen LogP contribution in [0.3, 0.4) is 0 Å². The van der Waals surface area contributed by atoms with E-state index in [4.69, 9.17) is 11.6 Å². The van der Waals surface area contributed by atoms with E-state index in [0.29, 0.717) is 5.88 Å². The van der Waals surface area contributed by atoms with E-state index in [1.54, 1.807) is 19.1 Å². The van der Waals surface area contributed by atoms with E-state index in [0.717, 1.165) is 0 Å². The van der Waals surface area contributed by atoms with Crippen molar-refractivity contribution in [3.05, 3.63) is 12.2 Å². The molecule has 0 aromatic carbocycles. The number of carbonyl (C=O) groups is 1. The molecule has 2 nitrogen and oxygen atoms in total. The summed E-state index contributed by atoms with van der Waals surface area (Å²) < 4.78 is 4.63. The minimum absolute atomic E-state index is 0.236. The zero-order valence-electron chi connectivity index (χ0n) is 6.26. The second-order valence-corrected chi connectivity index (χ2v) is 1.91. The number of hydrogen-bond acceptors (Lipinski definition) is 2. The van der Waals surface area contributed by atoms with Gasteiger partial charge in [-0.1, -0.05) is 18.1 Å². The Morgan fingerprint density at radius 1 is 1.64 bits per heavy atom. The Bertz CT molecular complexity index is 198. The summed E-state index contributed by atoms with van der Waals surface area (Å²) in [6.45, 7) is 1.82. The van der Waals surface area contributed by atoms with Gasteiger partial charge in [-0.25, -0.2) is 4.79 Å². The molecule has 0 aromatic rings. The summed E-state index contributed by atoms with van der Waals surface area (Å²) in [6.07, 6.45) is 3.37. The van der Waals surface area contributed by atoms with Crippen LogP contribution in [0, 0.1) is 11.8 Å². The Morgan fingerprint density at radius 2 is 2.36 bits per heavy atom. The summed E-state index contributed by atoms with van der Waals surface area (Å²) in [7, 11) is 0. The fourth-order valence-electron chi connectivity index (χ4n) is 0.393. The van der Waals surface area contributed by atoms with Gasteiger partial charge in [-0.05, 0) is 6.92 Å². The summed E-state index contributed by atoms with van der Waals surface area (Å²) >= 11 is 5.32. The summed E-state index contributed by atoms with van der Waals surface area (Å²) in [5, 5.41) is 0. The zero-order chi connectivity index (χ0) is 8.53. The largest absolute Gasteiger partial charge is 0.452 e. The highest BCUT2D eigenvalue weighted by molar-refractivity contribution is 6.18. The fraction of sp³-hybridized carbons (Fsp3) is 0.375. The fourth-order valence-corrected chi connectivity index (χ4v) is 0.519. The lowest BCUT2D eigenvalue weighted by Crippen LogP contribution is -2.00. The molecule has 0 aliphatic rings. The summed E-state index contributed by atoms with van der Waals surface area (Å²) in [5.74, 6) is 4.60. The highest BCUT2D eigenvalue weighted by Gasteiger charge is 1.90. The predicted molar refractivity (Wildman–Crippen MR) is 44.3 cm³/mol. The minimum Gasteiger partial charge on any atom is -0.452 e. The highest BCUT2D eigenvalue weighted by atomic mass is 35.5. The monoisotopic (exact) mass is 172 g/mol. The first-order valence-electron chi connectivity index (χ1n) is 3.11. The van der Waals surface area contributed by atoms with Gasteiger partial charge >= 0.3 is 5.97 Å². The number of allylic oxidation sites excluding steroid dienone is 1. The molecule has 0 amide bonds. The minimum atomic E-state index is -0.508. The molecule has 0 aromatic heterocycles. The van der Waals surface area contributed by atoms with Gasteiger partial charge in [0.05, 0.1) is 0 Å². The number of ether oxygens (including phenoxy) is 1. The standard InChI is InChI=1S/C8H9ClO2/c1-2-5-8(10)11-7-4-3-6-9/h3-4H,6-7H2,1H3/b4-3-. The van der Waals surface area contributed by atoms with E-state index in [1.807, 2.05) is 0 Å². The number of hydrogen-bond donors (Lipinski definition) is 0. The van der Waals surface area contributed by atoms with Crippen molar-refractivity contribution >= 4 is 17.6 Å². The number of esters is 1. The molecule has 0 fully saturated rings. The summed E-state index contributed by atoms with van der Waals surface area (Å²) in [4.78, 5) is 10.5. The van der Waals surface area contributed by atoms with Crippen molar-refractivity contribution in [1.82, 2.24) is 0 Å². The molecular formula is C8H9ClO2. The third kappa shape index (κ3) is 6.95. The molecular weight excluding hydrogens is 164 g/mol. The van der Waals surface area contributed by atoms with E-state index in [-0.39, 0.29) is 6.61 Å². The highest BCUT2D eigenvalue weighted by Crippen LogP contribution is 1.81. The smallest absolute Gasteiger partial charge is 0.384 e. The number of carbonyl (C=O) groups excluding carboxylic acids is 1. The van der Waals surface area contributed by atoms with Gasteiger partial charge in [-0.3, -0.25) is 0 Å². The molecule has 0 rings (SSSR count). The maximum Gasteiger partial charge on any atom is 0.384 e. The first-order valence-corrected chi connectivity index (χ1v) is 3.65. The van der Waals surface area contributed by atoms with E-state index >= 15 is 0 Å². The first-order chi connectivity index (χ1) is 5.31. The van der Waals surface area contributed by atoms with Crippen LogP contribution in [0.15, 0.2) is 12.2 Å². The van der Waals surface area contributed by atoms with Gasteiger partial charge in [0.15, 0.2) is 0 Å². The lowest BCUT2D eigenvalue weighted by molar-refractivity contribution is -0.135. The molecule has 0 radical (unpaired) electrons. The van der Waals surface area contributed by atoms with Crippen molar-refractivity contribution in [1.29, 1.82) is 0 Å². The van der Waals surface area contributed by atoms with Crippen molar-refractivity contribution in [2.24, 2.45) is 0 Å². The lowest BCUT2D eigenvalue weighted by atomic mass is 10.5. The summed E-state index contributed by atoms with van der Waals surface area (Å²) in [5.41, 5.74) is 0. The Labute approximate surface area is 71.2 Å². The van der Waals surface area contributed by atoms with E-state index < -0.39 is 5.97 Å². The molecule has 60 valence electrons. The molecule has 3 heteroatoms. The average molecular weight is 173 g/mol. The van der Waals surface area contributed by atoms with Gasteiger partial charge in [-0.15, -0.1) is 11.6 Å². The first kappa shape index (κ1) is 10.1. The third-order valence-electron chi connectivity index (χ3n) is 0.793. The molecule has 0 saturated carbocycles. The van der Waals surface area contributed by atoms with Gasteiger partial charge < -0.3 is 4.74 Å². The summed E-state index contributed by atoms with van der Waals surface area (Å²) in [6, 6.07) is 0. The second-order valence-electron chi connectivity index (χ2n) is 1.60. The third-order valence-corrected chi connectivity index (χ3v) is 0.972.